The van der Waals surface area contributed by atoms with Crippen LogP contribution in [0.2, 0.25) is 0 Å². The van der Waals surface area contributed by atoms with Crippen LogP contribution in [0.1, 0.15) is 179 Å². The van der Waals surface area contributed by atoms with E-state index >= 15 is 0 Å². The van der Waals surface area contributed by atoms with Gasteiger partial charge in [0.2, 0.25) is 0 Å². The zero-order valence-electron chi connectivity index (χ0n) is 46.6. The lowest BCUT2D eigenvalue weighted by Crippen LogP contribution is -2.05. The number of hydrogen-bond acceptors (Lipinski definition) is 10. The summed E-state index contributed by atoms with van der Waals surface area (Å²) in [5.41, 5.74) is 9.10. The summed E-state index contributed by atoms with van der Waals surface area (Å²) in [7, 11) is 0. The third-order valence-corrected chi connectivity index (χ3v) is 27.0. The molecule has 0 amide bonds. The molecule has 78 heavy (non-hydrogen) atoms. The molecule has 0 unspecified atom stereocenters. The highest BCUT2D eigenvalue weighted by Gasteiger charge is 2.23. The van der Waals surface area contributed by atoms with Crippen LogP contribution in [-0.4, -0.2) is 0 Å². The number of hydrogen-bond donors (Lipinski definition) is 0. The molecule has 10 heteroatoms. The SMILES string of the molecule is CCCCCCc1cc(-c2sc(C)cc2CCCCCC)sc1C(c1ccc(-c2ccc(-c3cccs3)s2)s1)=c1cc(CCCCCC)/c(=c2/cc(CCCCCC)c(=C(C)c3ccc(-c4ccc(-c5cccs5)s4)s3)s2)s1. The molecule has 0 fully saturated rings. The predicted molar refractivity (Wildman–Crippen MR) is 361 cm³/mol. The second-order valence-corrected chi connectivity index (χ2v) is 31.6. The summed E-state index contributed by atoms with van der Waals surface area (Å²) >= 11 is 19.8. The van der Waals surface area contributed by atoms with Crippen molar-refractivity contribution in [2.75, 3.05) is 0 Å². The fraction of sp³-hybridized carbons (Fsp3) is 0.382. The molecule has 0 atom stereocenters. The fourth-order valence-corrected chi connectivity index (χ4v) is 22.0. The van der Waals surface area contributed by atoms with Crippen LogP contribution < -0.4 is 9.06 Å². The lowest BCUT2D eigenvalue weighted by atomic mass is 10.0. The van der Waals surface area contributed by atoms with Gasteiger partial charge >= 0.3 is 0 Å². The van der Waals surface area contributed by atoms with Gasteiger partial charge in [-0.2, -0.15) is 0 Å². The van der Waals surface area contributed by atoms with Crippen LogP contribution in [-0.2, 0) is 25.7 Å². The Labute approximate surface area is 505 Å². The zero-order valence-corrected chi connectivity index (χ0v) is 54.8. The van der Waals surface area contributed by atoms with Crippen molar-refractivity contribution in [1.29, 1.82) is 0 Å². The van der Waals surface area contributed by atoms with E-state index in [9.17, 15) is 0 Å². The van der Waals surface area contributed by atoms with Crippen LogP contribution >= 0.6 is 113 Å². The molecule has 0 saturated carbocycles. The second-order valence-electron chi connectivity index (χ2n) is 21.0. The minimum atomic E-state index is 1.12. The van der Waals surface area contributed by atoms with E-state index in [4.69, 9.17) is 0 Å². The fourth-order valence-electron chi connectivity index (χ4n) is 10.6. The zero-order chi connectivity index (χ0) is 53.8. The van der Waals surface area contributed by atoms with Gasteiger partial charge in [0, 0.05) is 92.0 Å². The Morgan fingerprint density at radius 1 is 0.385 bits per heavy atom. The number of thiophene rings is 10. The average Bonchev–Trinajstić information content (AvgIpc) is 4.41. The first-order valence-corrected chi connectivity index (χ1v) is 37.3. The van der Waals surface area contributed by atoms with Crippen molar-refractivity contribution in [3.63, 3.8) is 0 Å². The molecule has 0 spiro atoms. The Morgan fingerprint density at radius 2 is 0.885 bits per heavy atom. The van der Waals surface area contributed by atoms with Crippen LogP contribution in [0.25, 0.3) is 59.9 Å². The van der Waals surface area contributed by atoms with Gasteiger partial charge in [-0.05, 0) is 189 Å². The molecule has 10 aromatic heterocycles. The first kappa shape index (κ1) is 58.0. The van der Waals surface area contributed by atoms with Crippen LogP contribution in [0.4, 0.5) is 0 Å². The Bertz CT molecular complexity index is 3670. The lowest BCUT2D eigenvalue weighted by molar-refractivity contribution is 0.666. The van der Waals surface area contributed by atoms with Crippen molar-refractivity contribution in [2.24, 2.45) is 0 Å². The molecule has 0 radical (unpaired) electrons. The maximum absolute atomic E-state index is 2.68. The summed E-state index contributed by atoms with van der Waals surface area (Å²) in [6.45, 7) is 14.1. The molecule has 0 aliphatic carbocycles. The summed E-state index contributed by atoms with van der Waals surface area (Å²) in [6.07, 6.45) is 24.9. The topological polar surface area (TPSA) is 0 Å². The highest BCUT2D eigenvalue weighted by molar-refractivity contribution is 7.28. The first-order chi connectivity index (χ1) is 38.3. The van der Waals surface area contributed by atoms with E-state index in [2.05, 4.69) is 183 Å². The number of unbranched alkanes of at least 4 members (excludes halogenated alkanes) is 12. The first-order valence-electron chi connectivity index (χ1n) is 29.0. The maximum Gasteiger partial charge on any atom is 0.0481 e. The second kappa shape index (κ2) is 28.6. The average molecular weight is 1210 g/mol. The van der Waals surface area contributed by atoms with Crippen molar-refractivity contribution in [3.8, 4) is 48.8 Å². The Morgan fingerprint density at radius 3 is 1.45 bits per heavy atom. The molecule has 0 aliphatic rings. The highest BCUT2D eigenvalue weighted by atomic mass is 32.1. The molecule has 0 aromatic carbocycles. The van der Waals surface area contributed by atoms with Gasteiger partial charge in [0.25, 0.3) is 0 Å². The van der Waals surface area contributed by atoms with Gasteiger partial charge in [0.05, 0.1) is 0 Å². The van der Waals surface area contributed by atoms with Gasteiger partial charge in [-0.25, -0.2) is 0 Å². The monoisotopic (exact) mass is 1210 g/mol. The number of rotatable bonds is 28. The molecule has 10 aromatic rings. The molecular formula is C68H76S10. The van der Waals surface area contributed by atoms with E-state index in [0.717, 1.165) is 19.3 Å². The summed E-state index contributed by atoms with van der Waals surface area (Å²) < 4.78 is 5.91. The molecule has 0 nitrogen and oxygen atoms in total. The van der Waals surface area contributed by atoms with E-state index in [0.29, 0.717) is 0 Å². The van der Waals surface area contributed by atoms with Gasteiger partial charge in [-0.3, -0.25) is 0 Å². The highest BCUT2D eigenvalue weighted by Crippen LogP contribution is 2.47. The van der Waals surface area contributed by atoms with Crippen LogP contribution in [0, 0.1) is 16.0 Å². The third kappa shape index (κ3) is 14.1. The molecule has 0 saturated heterocycles. The normalized spacial score (nSPS) is 13.1. The molecule has 10 rings (SSSR count). The van der Waals surface area contributed by atoms with Gasteiger partial charge < -0.3 is 0 Å². The maximum atomic E-state index is 2.68. The minimum Gasteiger partial charge on any atom is -0.143 e. The van der Waals surface area contributed by atoms with Crippen molar-refractivity contribution in [3.05, 3.63) is 168 Å². The Kier molecular flexibility index (Phi) is 21.3. The van der Waals surface area contributed by atoms with Gasteiger partial charge in [-0.1, -0.05) is 117 Å². The van der Waals surface area contributed by atoms with Crippen LogP contribution in [0.5, 0.6) is 0 Å². The summed E-state index contributed by atoms with van der Waals surface area (Å²) in [4.78, 5) is 19.7. The third-order valence-electron chi connectivity index (χ3n) is 14.9. The molecule has 0 bridgehead atoms. The van der Waals surface area contributed by atoms with Gasteiger partial charge in [0.15, 0.2) is 0 Å². The van der Waals surface area contributed by atoms with Crippen LogP contribution in [0.3, 0.4) is 0 Å². The van der Waals surface area contributed by atoms with Crippen molar-refractivity contribution in [2.45, 2.75) is 170 Å². The van der Waals surface area contributed by atoms with E-state index in [1.807, 2.05) is 79.4 Å². The van der Waals surface area contributed by atoms with Gasteiger partial charge in [-0.15, -0.1) is 113 Å². The van der Waals surface area contributed by atoms with E-state index in [-0.39, 0.29) is 0 Å². The number of aryl methyl sites for hydroxylation is 5. The largest absolute Gasteiger partial charge is 0.143 e. The quantitative estimate of drug-likeness (QED) is 0.0429. The van der Waals surface area contributed by atoms with E-state index < -0.39 is 0 Å². The molecule has 408 valence electrons. The smallest absolute Gasteiger partial charge is 0.0481 e. The summed E-state index contributed by atoms with van der Waals surface area (Å²) in [5, 5.41) is 4.39. The Hall–Kier alpha value is -3.26. The van der Waals surface area contributed by atoms with E-state index in [1.165, 1.54) is 207 Å². The van der Waals surface area contributed by atoms with Crippen molar-refractivity contribution in [1.82, 2.24) is 0 Å². The molecule has 0 N–H and O–H groups in total. The molecular weight excluding hydrogens is 1140 g/mol. The van der Waals surface area contributed by atoms with Gasteiger partial charge in [0.1, 0.15) is 0 Å². The molecule has 0 aliphatic heterocycles. The van der Waals surface area contributed by atoms with Crippen molar-refractivity contribution >= 4 is 125 Å². The van der Waals surface area contributed by atoms with Crippen LogP contribution in [0.15, 0.2) is 108 Å². The predicted octanol–water partition coefficient (Wildman–Crippen LogP) is 24.2. The van der Waals surface area contributed by atoms with E-state index in [1.54, 1.807) is 22.3 Å². The standard InChI is InChI=1S/C68H76S10/c1-7-11-15-19-25-47-41-45(5)71-66(47)62-44-50(28-22-18-14-10-4)68(78-62)64(60-38-37-59(75-60)58-36-34-55(74-58)53-30-24-40-70-53)61-42-49(27-21-17-13-9-3)67(76-61)63-43-48(26-20-16-12-8-2)65(77-63)46(6)51-31-32-56(72-51)57-35-33-54(73-57)52-29-23-39-69-52/h23-24,29-44H,7-22,25-28H2,1-6H3/b64-61?,65-46?,67-63+. The minimum absolute atomic E-state index is 1.12. The lowest BCUT2D eigenvalue weighted by Gasteiger charge is -2.07. The Balaban J connectivity index is 1.17. The molecule has 10 heterocycles. The van der Waals surface area contributed by atoms with Crippen molar-refractivity contribution < 1.29 is 0 Å². The summed E-state index contributed by atoms with van der Waals surface area (Å²) in [6, 6.07) is 38.4. The summed E-state index contributed by atoms with van der Waals surface area (Å²) in [5.74, 6) is 0.